The van der Waals surface area contributed by atoms with E-state index in [9.17, 15) is 23.3 Å². The molecule has 1 aromatic carbocycles. The number of rotatable bonds is 3. The standard InChI is InChI=1S/C12H11BrF3NO3/c1-6-8(2-3-12(14,15)16)9-4-7(13)5-10(17(18)19)11(9)20-6/h4-6,8H,2-3H2,1H3/t6-,8+/m1/s1. The zero-order chi connectivity index (χ0) is 15.1. The van der Waals surface area contributed by atoms with Crippen LogP contribution in [-0.4, -0.2) is 17.2 Å². The van der Waals surface area contributed by atoms with Gasteiger partial charge in [-0.3, -0.25) is 10.1 Å². The molecule has 0 saturated heterocycles. The predicted molar refractivity (Wildman–Crippen MR) is 68.9 cm³/mol. The highest BCUT2D eigenvalue weighted by atomic mass is 79.9. The minimum atomic E-state index is -4.25. The Morgan fingerprint density at radius 3 is 2.65 bits per heavy atom. The summed E-state index contributed by atoms with van der Waals surface area (Å²) in [5, 5.41) is 11.0. The Bertz CT molecular complexity index is 547. The lowest BCUT2D eigenvalue weighted by Gasteiger charge is -2.15. The summed E-state index contributed by atoms with van der Waals surface area (Å²) < 4.78 is 42.9. The zero-order valence-corrected chi connectivity index (χ0v) is 12.0. The fourth-order valence-corrected chi connectivity index (χ4v) is 2.83. The maximum Gasteiger partial charge on any atom is 0.389 e. The van der Waals surface area contributed by atoms with Crippen molar-refractivity contribution in [1.29, 1.82) is 0 Å². The monoisotopic (exact) mass is 353 g/mol. The van der Waals surface area contributed by atoms with Crippen molar-refractivity contribution in [1.82, 2.24) is 0 Å². The normalized spacial score (nSPS) is 21.4. The van der Waals surface area contributed by atoms with Crippen molar-refractivity contribution in [3.8, 4) is 5.75 Å². The van der Waals surface area contributed by atoms with Crippen LogP contribution in [0.15, 0.2) is 16.6 Å². The highest BCUT2D eigenvalue weighted by Gasteiger charge is 2.39. The summed E-state index contributed by atoms with van der Waals surface area (Å²) >= 11 is 3.14. The van der Waals surface area contributed by atoms with Crippen LogP contribution < -0.4 is 4.74 Å². The van der Waals surface area contributed by atoms with Crippen LogP contribution in [0.5, 0.6) is 5.75 Å². The number of nitro benzene ring substituents is 1. The van der Waals surface area contributed by atoms with E-state index in [1.807, 2.05) is 0 Å². The van der Waals surface area contributed by atoms with Crippen LogP contribution >= 0.6 is 15.9 Å². The third kappa shape index (κ3) is 3.05. The quantitative estimate of drug-likeness (QED) is 0.591. The Balaban J connectivity index is 2.35. The number of nitrogens with zero attached hydrogens (tertiary/aromatic N) is 1. The Morgan fingerprint density at radius 2 is 2.10 bits per heavy atom. The average molecular weight is 354 g/mol. The number of benzene rings is 1. The largest absolute Gasteiger partial charge is 0.483 e. The van der Waals surface area contributed by atoms with E-state index >= 15 is 0 Å². The van der Waals surface area contributed by atoms with Crippen LogP contribution in [0.25, 0.3) is 0 Å². The molecule has 1 aromatic rings. The Hall–Kier alpha value is -1.31. The van der Waals surface area contributed by atoms with Gasteiger partial charge in [0.15, 0.2) is 0 Å². The van der Waals surface area contributed by atoms with E-state index in [1.165, 1.54) is 6.07 Å². The molecule has 1 aliphatic rings. The number of halogens is 4. The SMILES string of the molecule is C[C@H]1Oc2c(cc(Br)cc2[N+](=O)[O-])[C@H]1CCC(F)(F)F. The van der Waals surface area contributed by atoms with E-state index in [4.69, 9.17) is 4.74 Å². The van der Waals surface area contributed by atoms with Crippen molar-refractivity contribution in [3.63, 3.8) is 0 Å². The van der Waals surface area contributed by atoms with E-state index in [1.54, 1.807) is 13.0 Å². The summed E-state index contributed by atoms with van der Waals surface area (Å²) in [6.07, 6.45) is -5.85. The number of alkyl halides is 3. The molecule has 8 heteroatoms. The van der Waals surface area contributed by atoms with Crippen molar-refractivity contribution in [2.75, 3.05) is 0 Å². The third-order valence-electron chi connectivity index (χ3n) is 3.27. The van der Waals surface area contributed by atoms with Crippen LogP contribution in [0.3, 0.4) is 0 Å². The molecule has 0 aromatic heterocycles. The number of hydrogen-bond acceptors (Lipinski definition) is 3. The lowest BCUT2D eigenvalue weighted by Crippen LogP contribution is -2.17. The van der Waals surface area contributed by atoms with E-state index in [0.717, 1.165) is 0 Å². The van der Waals surface area contributed by atoms with Gasteiger partial charge in [-0.15, -0.1) is 0 Å². The molecule has 0 aliphatic carbocycles. The van der Waals surface area contributed by atoms with Gasteiger partial charge < -0.3 is 4.74 Å². The molecule has 0 amide bonds. The molecule has 0 unspecified atom stereocenters. The second kappa shape index (κ2) is 5.23. The van der Waals surface area contributed by atoms with Crippen molar-refractivity contribution < 1.29 is 22.8 Å². The molecule has 110 valence electrons. The Labute approximate surface area is 121 Å². The first kappa shape index (κ1) is 15.1. The molecule has 1 aliphatic heterocycles. The molecule has 0 saturated carbocycles. The van der Waals surface area contributed by atoms with Gasteiger partial charge in [-0.1, -0.05) is 15.9 Å². The van der Waals surface area contributed by atoms with Crippen LogP contribution in [0, 0.1) is 10.1 Å². The predicted octanol–water partition coefficient (Wildman–Crippen LogP) is 4.56. The molecule has 2 atom stereocenters. The van der Waals surface area contributed by atoms with Crippen LogP contribution in [-0.2, 0) is 0 Å². The molecule has 0 radical (unpaired) electrons. The highest BCUT2D eigenvalue weighted by Crippen LogP contribution is 2.48. The number of nitro groups is 1. The van der Waals surface area contributed by atoms with Gasteiger partial charge in [0.05, 0.1) is 4.92 Å². The van der Waals surface area contributed by atoms with Crippen LogP contribution in [0.1, 0.15) is 31.2 Å². The molecule has 0 N–H and O–H groups in total. The molecule has 0 fully saturated rings. The van der Waals surface area contributed by atoms with Crippen LogP contribution in [0.2, 0.25) is 0 Å². The smallest absolute Gasteiger partial charge is 0.389 e. The van der Waals surface area contributed by atoms with Crippen molar-refractivity contribution in [2.45, 2.75) is 38.0 Å². The van der Waals surface area contributed by atoms with E-state index in [0.29, 0.717) is 10.0 Å². The van der Waals surface area contributed by atoms with Gasteiger partial charge in [-0.25, -0.2) is 0 Å². The zero-order valence-electron chi connectivity index (χ0n) is 10.4. The van der Waals surface area contributed by atoms with Gasteiger partial charge in [0.1, 0.15) is 6.10 Å². The highest BCUT2D eigenvalue weighted by molar-refractivity contribution is 9.10. The minimum absolute atomic E-state index is 0.0814. The lowest BCUT2D eigenvalue weighted by molar-refractivity contribution is -0.385. The molecule has 4 nitrogen and oxygen atoms in total. The van der Waals surface area contributed by atoms with E-state index in [-0.39, 0.29) is 17.9 Å². The summed E-state index contributed by atoms with van der Waals surface area (Å²) in [7, 11) is 0. The van der Waals surface area contributed by atoms with Gasteiger partial charge in [-0.05, 0) is 19.4 Å². The summed E-state index contributed by atoms with van der Waals surface area (Å²) in [5.74, 6) is -0.416. The first-order valence-corrected chi connectivity index (χ1v) is 6.69. The fraction of sp³-hybridized carbons (Fsp3) is 0.500. The number of fused-ring (bicyclic) bond motifs is 1. The number of ether oxygens (including phenoxy) is 1. The third-order valence-corrected chi connectivity index (χ3v) is 3.73. The van der Waals surface area contributed by atoms with Crippen molar-refractivity contribution >= 4 is 21.6 Å². The van der Waals surface area contributed by atoms with Crippen LogP contribution in [0.4, 0.5) is 18.9 Å². The lowest BCUT2D eigenvalue weighted by atomic mass is 9.91. The molecular formula is C12H11BrF3NO3. The van der Waals surface area contributed by atoms with E-state index < -0.39 is 29.5 Å². The summed E-state index contributed by atoms with van der Waals surface area (Å²) in [6, 6.07) is 2.88. The molecule has 2 rings (SSSR count). The number of hydrogen-bond donors (Lipinski definition) is 0. The van der Waals surface area contributed by atoms with Gasteiger partial charge in [-0.2, -0.15) is 13.2 Å². The molecule has 1 heterocycles. The molecule has 0 spiro atoms. The van der Waals surface area contributed by atoms with Gasteiger partial charge in [0.2, 0.25) is 5.75 Å². The summed E-state index contributed by atoms with van der Waals surface area (Å²) in [5.41, 5.74) is 0.235. The second-order valence-electron chi connectivity index (χ2n) is 4.68. The first-order valence-electron chi connectivity index (χ1n) is 5.90. The fourth-order valence-electron chi connectivity index (χ4n) is 2.37. The summed E-state index contributed by atoms with van der Waals surface area (Å²) in [6.45, 7) is 1.62. The first-order chi connectivity index (χ1) is 9.19. The van der Waals surface area contributed by atoms with Gasteiger partial charge in [0.25, 0.3) is 0 Å². The Morgan fingerprint density at radius 1 is 1.45 bits per heavy atom. The average Bonchev–Trinajstić information content (AvgIpc) is 2.60. The second-order valence-corrected chi connectivity index (χ2v) is 5.60. The maximum atomic E-state index is 12.3. The van der Waals surface area contributed by atoms with Gasteiger partial charge in [0, 0.05) is 28.4 Å². The molecular weight excluding hydrogens is 343 g/mol. The van der Waals surface area contributed by atoms with Gasteiger partial charge >= 0.3 is 11.9 Å². The van der Waals surface area contributed by atoms with Crippen molar-refractivity contribution in [3.05, 3.63) is 32.3 Å². The van der Waals surface area contributed by atoms with E-state index in [2.05, 4.69) is 15.9 Å². The maximum absolute atomic E-state index is 12.3. The molecule has 20 heavy (non-hydrogen) atoms. The summed E-state index contributed by atoms with van der Waals surface area (Å²) in [4.78, 5) is 10.4. The Kier molecular flexibility index (Phi) is 3.95. The topological polar surface area (TPSA) is 52.4 Å². The van der Waals surface area contributed by atoms with Crippen molar-refractivity contribution in [2.24, 2.45) is 0 Å². The minimum Gasteiger partial charge on any atom is -0.483 e. The molecule has 0 bridgehead atoms.